The molecule has 0 bridgehead atoms. The van der Waals surface area contributed by atoms with E-state index in [1.54, 1.807) is 18.8 Å². The van der Waals surface area contributed by atoms with Crippen LogP contribution in [-0.2, 0) is 17.8 Å². The van der Waals surface area contributed by atoms with E-state index in [1.807, 2.05) is 18.1 Å². The molecular formula is C19H35N7OS. The molecule has 2 N–H and O–H groups in total. The summed E-state index contributed by atoms with van der Waals surface area (Å²) in [5.74, 6) is 2.63. The van der Waals surface area contributed by atoms with Crippen LogP contribution in [-0.4, -0.2) is 70.5 Å². The van der Waals surface area contributed by atoms with E-state index < -0.39 is 0 Å². The molecule has 1 amide bonds. The SMILES string of the molecule is CCC(=O)N1CCC(NC(=NC)NCCCc2nnc(SC)n2CC(C)C)C1. The lowest BCUT2D eigenvalue weighted by Gasteiger charge is -2.18. The Morgan fingerprint density at radius 3 is 2.82 bits per heavy atom. The number of nitrogens with zero attached hydrogens (tertiary/aromatic N) is 5. The van der Waals surface area contributed by atoms with Crippen LogP contribution in [0.3, 0.4) is 0 Å². The van der Waals surface area contributed by atoms with Crippen molar-refractivity contribution in [3.05, 3.63) is 5.82 Å². The standard InChI is InChI=1S/C19H35N7OS/c1-6-17(27)25-11-9-15(13-25)22-18(20-4)21-10-7-8-16-23-24-19(28-5)26(16)12-14(2)3/h14-15H,6-13H2,1-5H3,(H2,20,21,22). The summed E-state index contributed by atoms with van der Waals surface area (Å²) in [7, 11) is 1.78. The molecule has 1 aromatic heterocycles. The van der Waals surface area contributed by atoms with Gasteiger partial charge in [0.2, 0.25) is 5.91 Å². The Bertz CT molecular complexity index is 659. The largest absolute Gasteiger partial charge is 0.356 e. The van der Waals surface area contributed by atoms with Crippen molar-refractivity contribution in [2.24, 2.45) is 10.9 Å². The number of hydrogen-bond acceptors (Lipinski definition) is 5. The third kappa shape index (κ3) is 6.39. The molecule has 2 heterocycles. The summed E-state index contributed by atoms with van der Waals surface area (Å²) in [6, 6.07) is 0.264. The highest BCUT2D eigenvalue weighted by Crippen LogP contribution is 2.16. The van der Waals surface area contributed by atoms with Crippen molar-refractivity contribution >= 4 is 23.6 Å². The third-order valence-corrected chi connectivity index (χ3v) is 5.47. The highest BCUT2D eigenvalue weighted by atomic mass is 32.2. The first-order valence-corrected chi connectivity index (χ1v) is 11.4. The molecule has 1 aliphatic heterocycles. The normalized spacial score (nSPS) is 17.4. The van der Waals surface area contributed by atoms with Gasteiger partial charge in [-0.15, -0.1) is 10.2 Å². The topological polar surface area (TPSA) is 87.4 Å². The Morgan fingerprint density at radius 2 is 2.18 bits per heavy atom. The minimum Gasteiger partial charge on any atom is -0.356 e. The van der Waals surface area contributed by atoms with Gasteiger partial charge in [-0.25, -0.2) is 0 Å². The summed E-state index contributed by atoms with van der Waals surface area (Å²) in [4.78, 5) is 18.1. The number of nitrogens with one attached hydrogen (secondary N) is 2. The lowest BCUT2D eigenvalue weighted by atomic mass is 10.2. The van der Waals surface area contributed by atoms with Crippen LogP contribution >= 0.6 is 11.8 Å². The molecule has 0 radical (unpaired) electrons. The maximum atomic E-state index is 11.8. The minimum atomic E-state index is 0.224. The Hall–Kier alpha value is -1.77. The molecule has 9 heteroatoms. The van der Waals surface area contributed by atoms with E-state index in [1.165, 1.54) is 0 Å². The summed E-state index contributed by atoms with van der Waals surface area (Å²) in [6.07, 6.45) is 5.41. The molecule has 1 saturated heterocycles. The number of hydrogen-bond donors (Lipinski definition) is 2. The van der Waals surface area contributed by atoms with Crippen LogP contribution in [0.1, 0.15) is 45.9 Å². The van der Waals surface area contributed by atoms with Crippen LogP contribution in [0.15, 0.2) is 10.1 Å². The van der Waals surface area contributed by atoms with Crippen LogP contribution in [0.2, 0.25) is 0 Å². The smallest absolute Gasteiger partial charge is 0.222 e. The average molecular weight is 410 g/mol. The number of thioether (sulfide) groups is 1. The number of rotatable bonds is 9. The first-order chi connectivity index (χ1) is 13.5. The predicted octanol–water partition coefficient (Wildman–Crippen LogP) is 1.76. The Balaban J connectivity index is 1.77. The van der Waals surface area contributed by atoms with E-state index in [4.69, 9.17) is 0 Å². The van der Waals surface area contributed by atoms with Crippen molar-refractivity contribution in [1.29, 1.82) is 0 Å². The lowest BCUT2D eigenvalue weighted by Crippen LogP contribution is -2.45. The summed E-state index contributed by atoms with van der Waals surface area (Å²) in [5, 5.41) is 16.5. The average Bonchev–Trinajstić information content (AvgIpc) is 3.30. The van der Waals surface area contributed by atoms with Gasteiger partial charge in [0.25, 0.3) is 0 Å². The summed E-state index contributed by atoms with van der Waals surface area (Å²) in [5.41, 5.74) is 0. The van der Waals surface area contributed by atoms with Crippen LogP contribution in [0, 0.1) is 5.92 Å². The predicted molar refractivity (Wildman–Crippen MR) is 115 cm³/mol. The van der Waals surface area contributed by atoms with Crippen molar-refractivity contribution in [2.75, 3.05) is 32.9 Å². The zero-order valence-corrected chi connectivity index (χ0v) is 18.7. The van der Waals surface area contributed by atoms with Crippen LogP contribution in [0.25, 0.3) is 0 Å². The second kappa shape index (κ2) is 11.3. The maximum Gasteiger partial charge on any atom is 0.222 e. The second-order valence-electron chi connectivity index (χ2n) is 7.53. The van der Waals surface area contributed by atoms with Crippen LogP contribution in [0.5, 0.6) is 0 Å². The Labute approximate surface area is 172 Å². The van der Waals surface area contributed by atoms with Gasteiger partial charge in [-0.1, -0.05) is 32.5 Å². The van der Waals surface area contributed by atoms with Gasteiger partial charge in [-0.05, 0) is 25.0 Å². The fraction of sp³-hybridized carbons (Fsp3) is 0.789. The summed E-state index contributed by atoms with van der Waals surface area (Å²) < 4.78 is 2.24. The van der Waals surface area contributed by atoms with Crippen molar-refractivity contribution < 1.29 is 4.79 Å². The Morgan fingerprint density at radius 1 is 1.39 bits per heavy atom. The van der Waals surface area contributed by atoms with Gasteiger partial charge in [-0.2, -0.15) is 0 Å². The molecule has 1 aromatic rings. The van der Waals surface area contributed by atoms with Crippen molar-refractivity contribution in [3.63, 3.8) is 0 Å². The van der Waals surface area contributed by atoms with Gasteiger partial charge >= 0.3 is 0 Å². The number of aromatic nitrogens is 3. The monoisotopic (exact) mass is 409 g/mol. The molecule has 1 fully saturated rings. The molecule has 1 unspecified atom stereocenters. The highest BCUT2D eigenvalue weighted by molar-refractivity contribution is 7.98. The van der Waals surface area contributed by atoms with E-state index in [0.29, 0.717) is 12.3 Å². The van der Waals surface area contributed by atoms with Crippen LogP contribution < -0.4 is 10.6 Å². The number of aliphatic imine (C=N–C) groups is 1. The summed E-state index contributed by atoms with van der Waals surface area (Å²) in [6.45, 7) is 9.67. The quantitative estimate of drug-likeness (QED) is 0.280. The molecule has 28 heavy (non-hydrogen) atoms. The zero-order chi connectivity index (χ0) is 20.5. The fourth-order valence-electron chi connectivity index (χ4n) is 3.37. The molecule has 1 aliphatic rings. The number of guanidine groups is 1. The van der Waals surface area contributed by atoms with E-state index >= 15 is 0 Å². The van der Waals surface area contributed by atoms with Crippen molar-refractivity contribution in [1.82, 2.24) is 30.3 Å². The van der Waals surface area contributed by atoms with E-state index in [-0.39, 0.29) is 11.9 Å². The van der Waals surface area contributed by atoms with Crippen molar-refractivity contribution in [3.8, 4) is 0 Å². The van der Waals surface area contributed by atoms with E-state index in [0.717, 1.165) is 62.4 Å². The first-order valence-electron chi connectivity index (χ1n) is 10.2. The molecule has 2 rings (SSSR count). The van der Waals surface area contributed by atoms with Gasteiger partial charge < -0.3 is 20.1 Å². The minimum absolute atomic E-state index is 0.224. The maximum absolute atomic E-state index is 11.8. The molecule has 0 aromatic carbocycles. The first kappa shape index (κ1) is 22.5. The van der Waals surface area contributed by atoms with E-state index in [9.17, 15) is 4.79 Å². The van der Waals surface area contributed by atoms with Gasteiger partial charge in [0.15, 0.2) is 11.1 Å². The van der Waals surface area contributed by atoms with Gasteiger partial charge in [-0.3, -0.25) is 9.79 Å². The van der Waals surface area contributed by atoms with E-state index in [2.05, 4.69) is 44.2 Å². The molecule has 0 saturated carbocycles. The molecule has 0 spiro atoms. The highest BCUT2D eigenvalue weighted by Gasteiger charge is 2.25. The molecule has 158 valence electrons. The number of carbonyl (C=O) groups is 1. The lowest BCUT2D eigenvalue weighted by molar-refractivity contribution is -0.129. The van der Waals surface area contributed by atoms with Gasteiger partial charge in [0.05, 0.1) is 0 Å². The Kier molecular flexibility index (Phi) is 9.08. The van der Waals surface area contributed by atoms with Crippen molar-refractivity contribution in [2.45, 2.75) is 64.2 Å². The zero-order valence-electron chi connectivity index (χ0n) is 17.9. The van der Waals surface area contributed by atoms with Crippen LogP contribution in [0.4, 0.5) is 0 Å². The van der Waals surface area contributed by atoms with Gasteiger partial charge in [0, 0.05) is 52.1 Å². The number of carbonyl (C=O) groups excluding carboxylic acids is 1. The number of amides is 1. The molecular weight excluding hydrogens is 374 g/mol. The fourth-order valence-corrected chi connectivity index (χ4v) is 3.90. The number of likely N-dealkylation sites (tertiary alicyclic amines) is 1. The summed E-state index contributed by atoms with van der Waals surface area (Å²) >= 11 is 1.64. The number of aryl methyl sites for hydroxylation is 1. The molecule has 0 aliphatic carbocycles. The molecule has 1 atom stereocenters. The van der Waals surface area contributed by atoms with Gasteiger partial charge in [0.1, 0.15) is 5.82 Å². The second-order valence-corrected chi connectivity index (χ2v) is 8.31. The molecule has 8 nitrogen and oxygen atoms in total. The third-order valence-electron chi connectivity index (χ3n) is 4.80.